The molecule has 1 aromatic carbocycles. The number of aromatic nitrogens is 2. The molecule has 0 saturated heterocycles. The number of benzene rings is 1. The number of nitrogens with one attached hydrogen (secondary N) is 2. The lowest BCUT2D eigenvalue weighted by Gasteiger charge is -2.21. The Morgan fingerprint density at radius 1 is 1.26 bits per heavy atom. The van der Waals surface area contributed by atoms with Crippen molar-refractivity contribution in [3.63, 3.8) is 0 Å². The Balaban J connectivity index is 1.61. The second-order valence-electron chi connectivity index (χ2n) is 5.69. The fourth-order valence-electron chi connectivity index (χ4n) is 2.87. The van der Waals surface area contributed by atoms with Gasteiger partial charge in [0.1, 0.15) is 17.0 Å². The number of nitrogens with zero attached hydrogens (tertiary/aromatic N) is 2. The lowest BCUT2D eigenvalue weighted by molar-refractivity contribution is -0.116. The third-order valence-electron chi connectivity index (χ3n) is 4.14. The van der Waals surface area contributed by atoms with Crippen molar-refractivity contribution in [3.8, 4) is 0 Å². The van der Waals surface area contributed by atoms with E-state index in [4.69, 9.17) is 0 Å². The van der Waals surface area contributed by atoms with Crippen LogP contribution in [0.25, 0.3) is 10.2 Å². The third kappa shape index (κ3) is 2.66. The van der Waals surface area contributed by atoms with Gasteiger partial charge in [-0.25, -0.2) is 9.97 Å². The summed E-state index contributed by atoms with van der Waals surface area (Å²) in [6, 6.07) is 8.36. The highest BCUT2D eigenvalue weighted by Gasteiger charge is 2.17. The van der Waals surface area contributed by atoms with Gasteiger partial charge in [-0.1, -0.05) is 12.1 Å². The van der Waals surface area contributed by atoms with Crippen LogP contribution >= 0.6 is 11.3 Å². The largest absolute Gasteiger partial charge is 0.363 e. The molecule has 1 aliphatic rings. The van der Waals surface area contributed by atoms with Crippen LogP contribution in [-0.2, 0) is 11.2 Å². The first kappa shape index (κ1) is 14.1. The van der Waals surface area contributed by atoms with Crippen LogP contribution in [-0.4, -0.2) is 15.9 Å². The van der Waals surface area contributed by atoms with E-state index < -0.39 is 0 Å². The summed E-state index contributed by atoms with van der Waals surface area (Å²) in [5, 5.41) is 9.46. The molecule has 3 heterocycles. The Morgan fingerprint density at radius 2 is 2.17 bits per heavy atom. The monoisotopic (exact) mass is 324 g/mol. The molecule has 6 heteroatoms. The first-order valence-electron chi connectivity index (χ1n) is 7.58. The number of fused-ring (bicyclic) bond motifs is 2. The van der Waals surface area contributed by atoms with Crippen molar-refractivity contribution in [2.75, 3.05) is 10.6 Å². The summed E-state index contributed by atoms with van der Waals surface area (Å²) in [4.78, 5) is 21.1. The predicted octanol–water partition coefficient (Wildman–Crippen LogP) is 3.75. The Hall–Kier alpha value is -2.47. The highest BCUT2D eigenvalue weighted by molar-refractivity contribution is 7.16. The summed E-state index contributed by atoms with van der Waals surface area (Å²) in [5.41, 5.74) is 3.31. The molecule has 4 rings (SSSR count). The fourth-order valence-corrected chi connectivity index (χ4v) is 3.60. The zero-order chi connectivity index (χ0) is 15.8. The van der Waals surface area contributed by atoms with Crippen molar-refractivity contribution >= 4 is 39.0 Å². The van der Waals surface area contributed by atoms with Crippen LogP contribution < -0.4 is 10.6 Å². The minimum absolute atomic E-state index is 0.0947. The summed E-state index contributed by atoms with van der Waals surface area (Å²) in [6.07, 6.45) is 2.94. The summed E-state index contributed by atoms with van der Waals surface area (Å²) in [5.74, 6) is 0.951. The maximum Gasteiger partial charge on any atom is 0.224 e. The smallest absolute Gasteiger partial charge is 0.224 e. The molecule has 23 heavy (non-hydrogen) atoms. The third-order valence-corrected chi connectivity index (χ3v) is 4.96. The van der Waals surface area contributed by atoms with Gasteiger partial charge in [0, 0.05) is 18.2 Å². The lowest BCUT2D eigenvalue weighted by atomic mass is 9.98. The predicted molar refractivity (Wildman–Crippen MR) is 92.8 cm³/mol. The first-order chi connectivity index (χ1) is 11.2. The molecular weight excluding hydrogens is 308 g/mol. The van der Waals surface area contributed by atoms with Crippen molar-refractivity contribution in [1.29, 1.82) is 0 Å². The minimum Gasteiger partial charge on any atom is -0.363 e. The lowest BCUT2D eigenvalue weighted by Crippen LogP contribution is -2.19. The van der Waals surface area contributed by atoms with Gasteiger partial charge in [-0.3, -0.25) is 4.79 Å². The Kier molecular flexibility index (Phi) is 3.46. The maximum absolute atomic E-state index is 11.4. The molecule has 0 saturated carbocycles. The van der Waals surface area contributed by atoms with E-state index in [1.165, 1.54) is 11.1 Å². The number of aryl methyl sites for hydroxylation is 1. The van der Waals surface area contributed by atoms with E-state index in [-0.39, 0.29) is 11.9 Å². The molecule has 1 atom stereocenters. The van der Waals surface area contributed by atoms with Gasteiger partial charge < -0.3 is 10.6 Å². The molecule has 116 valence electrons. The average molecular weight is 324 g/mol. The van der Waals surface area contributed by atoms with E-state index in [1.807, 2.05) is 23.6 Å². The van der Waals surface area contributed by atoms with E-state index >= 15 is 0 Å². The number of hydrogen-bond donors (Lipinski definition) is 2. The quantitative estimate of drug-likeness (QED) is 0.770. The SMILES string of the molecule is C[C@@H](Nc1ncnc2sccc12)c1ccc2c(c1)CCC(=O)N2. The normalized spacial score (nSPS) is 15.1. The molecule has 0 fully saturated rings. The van der Waals surface area contributed by atoms with Crippen molar-refractivity contribution in [2.24, 2.45) is 0 Å². The Labute approximate surface area is 137 Å². The van der Waals surface area contributed by atoms with Gasteiger partial charge in [0.15, 0.2) is 0 Å². The van der Waals surface area contributed by atoms with Crippen molar-refractivity contribution in [2.45, 2.75) is 25.8 Å². The van der Waals surface area contributed by atoms with Crippen molar-refractivity contribution in [3.05, 3.63) is 47.1 Å². The molecule has 0 aliphatic carbocycles. The van der Waals surface area contributed by atoms with Crippen LogP contribution in [0.3, 0.4) is 0 Å². The number of thiophene rings is 1. The molecule has 0 bridgehead atoms. The van der Waals surface area contributed by atoms with Gasteiger partial charge in [0.2, 0.25) is 5.91 Å². The number of hydrogen-bond acceptors (Lipinski definition) is 5. The van der Waals surface area contributed by atoms with Gasteiger partial charge >= 0.3 is 0 Å². The van der Waals surface area contributed by atoms with E-state index in [9.17, 15) is 4.79 Å². The Morgan fingerprint density at radius 3 is 3.09 bits per heavy atom. The molecule has 0 spiro atoms. The van der Waals surface area contributed by atoms with E-state index in [0.29, 0.717) is 6.42 Å². The van der Waals surface area contributed by atoms with E-state index in [0.717, 1.165) is 28.1 Å². The van der Waals surface area contributed by atoms with Crippen LogP contribution in [0, 0.1) is 0 Å². The van der Waals surface area contributed by atoms with Crippen LogP contribution in [0.5, 0.6) is 0 Å². The number of amides is 1. The van der Waals surface area contributed by atoms with Crippen LogP contribution in [0.4, 0.5) is 11.5 Å². The zero-order valence-electron chi connectivity index (χ0n) is 12.7. The van der Waals surface area contributed by atoms with Crippen LogP contribution in [0.1, 0.15) is 30.5 Å². The highest BCUT2D eigenvalue weighted by atomic mass is 32.1. The van der Waals surface area contributed by atoms with E-state index in [1.54, 1.807) is 17.7 Å². The van der Waals surface area contributed by atoms with Crippen LogP contribution in [0.15, 0.2) is 36.0 Å². The second-order valence-corrected chi connectivity index (χ2v) is 6.59. The molecular formula is C17H16N4OS. The average Bonchev–Trinajstić information content (AvgIpc) is 3.04. The molecule has 5 nitrogen and oxygen atoms in total. The summed E-state index contributed by atoms with van der Waals surface area (Å²) >= 11 is 1.61. The molecule has 3 aromatic rings. The summed E-state index contributed by atoms with van der Waals surface area (Å²) in [7, 11) is 0. The first-order valence-corrected chi connectivity index (χ1v) is 8.46. The number of rotatable bonds is 3. The van der Waals surface area contributed by atoms with Crippen LogP contribution in [0.2, 0.25) is 0 Å². The van der Waals surface area contributed by atoms with E-state index in [2.05, 4.69) is 33.6 Å². The fraction of sp³-hybridized carbons (Fsp3) is 0.235. The number of carbonyl (C=O) groups is 1. The van der Waals surface area contributed by atoms with Gasteiger partial charge in [0.05, 0.1) is 5.39 Å². The van der Waals surface area contributed by atoms with Crippen molar-refractivity contribution in [1.82, 2.24) is 9.97 Å². The van der Waals surface area contributed by atoms with Gasteiger partial charge in [0.25, 0.3) is 0 Å². The zero-order valence-corrected chi connectivity index (χ0v) is 13.5. The maximum atomic E-state index is 11.4. The topological polar surface area (TPSA) is 66.9 Å². The van der Waals surface area contributed by atoms with Gasteiger partial charge in [-0.15, -0.1) is 11.3 Å². The molecule has 1 amide bonds. The standard InChI is InChI=1S/C17H16N4OS/c1-10(20-16-13-6-7-23-17(13)19-9-18-16)11-2-4-14-12(8-11)3-5-15(22)21-14/h2,4,6-10H,3,5H2,1H3,(H,21,22)(H,18,19,20)/t10-/m1/s1. The molecule has 0 unspecified atom stereocenters. The van der Waals surface area contributed by atoms with Gasteiger partial charge in [-0.05, 0) is 42.0 Å². The van der Waals surface area contributed by atoms with Crippen molar-refractivity contribution < 1.29 is 4.79 Å². The van der Waals surface area contributed by atoms with Gasteiger partial charge in [-0.2, -0.15) is 0 Å². The number of carbonyl (C=O) groups excluding carboxylic acids is 1. The summed E-state index contributed by atoms with van der Waals surface area (Å²) in [6.45, 7) is 2.11. The molecule has 0 radical (unpaired) electrons. The summed E-state index contributed by atoms with van der Waals surface area (Å²) < 4.78 is 0. The highest BCUT2D eigenvalue weighted by Crippen LogP contribution is 2.29. The molecule has 1 aliphatic heterocycles. The molecule has 2 N–H and O–H groups in total. The number of anilines is 2. The minimum atomic E-state index is 0.0947. The Bertz CT molecular complexity index is 889. The second kappa shape index (κ2) is 5.62. The molecule has 2 aromatic heterocycles.